The van der Waals surface area contributed by atoms with Crippen LogP contribution < -0.4 is 0 Å². The summed E-state index contributed by atoms with van der Waals surface area (Å²) in [5.74, 6) is -1.14. The summed E-state index contributed by atoms with van der Waals surface area (Å²) in [6.07, 6.45) is 3.94. The van der Waals surface area contributed by atoms with Crippen molar-refractivity contribution in [3.8, 4) is 0 Å². The van der Waals surface area contributed by atoms with E-state index in [1.807, 2.05) is 24.3 Å². The van der Waals surface area contributed by atoms with Crippen LogP contribution in [-0.2, 0) is 11.2 Å². The van der Waals surface area contributed by atoms with E-state index in [0.717, 1.165) is 12.0 Å². The smallest absolute Gasteiger partial charge is 0.201 e. The number of hydrogen-bond acceptors (Lipinski definition) is 3. The van der Waals surface area contributed by atoms with Crippen LogP contribution in [0.2, 0.25) is 0 Å². The van der Waals surface area contributed by atoms with Gasteiger partial charge in [-0.2, -0.15) is 0 Å². The first-order valence-electron chi connectivity index (χ1n) is 7.50. The van der Waals surface area contributed by atoms with Gasteiger partial charge in [-0.1, -0.05) is 61.5 Å². The van der Waals surface area contributed by atoms with Crippen molar-refractivity contribution >= 4 is 23.4 Å². The van der Waals surface area contributed by atoms with Crippen LogP contribution in [0, 0.1) is 0 Å². The standard InChI is InChI=1S/C20H16O3/c1-2-13-7-9-14(10-8-13)11-12-17(21)18-19(22)15-5-3-4-6-16(15)20(18)23/h3-12,22H,2H2,1H3/b12-11+. The third-order valence-electron chi connectivity index (χ3n) is 3.95. The Morgan fingerprint density at radius 2 is 1.70 bits per heavy atom. The lowest BCUT2D eigenvalue weighted by molar-refractivity contribution is -0.110. The number of carbonyl (C=O) groups is 2. The van der Waals surface area contributed by atoms with Crippen molar-refractivity contribution in [2.75, 3.05) is 0 Å². The molecule has 0 aromatic heterocycles. The minimum Gasteiger partial charge on any atom is -0.506 e. The average molecular weight is 304 g/mol. The van der Waals surface area contributed by atoms with E-state index in [9.17, 15) is 14.7 Å². The minimum absolute atomic E-state index is 0.160. The zero-order valence-electron chi connectivity index (χ0n) is 12.7. The Hall–Kier alpha value is -2.94. The maximum Gasteiger partial charge on any atom is 0.201 e. The number of hydrogen-bond donors (Lipinski definition) is 1. The van der Waals surface area contributed by atoms with Crippen LogP contribution in [0.15, 0.2) is 60.2 Å². The predicted molar refractivity (Wildman–Crippen MR) is 90.2 cm³/mol. The van der Waals surface area contributed by atoms with E-state index < -0.39 is 11.6 Å². The molecule has 0 saturated heterocycles. The normalized spacial score (nSPS) is 13.7. The van der Waals surface area contributed by atoms with Crippen molar-refractivity contribution in [3.05, 3.63) is 82.4 Å². The van der Waals surface area contributed by atoms with Crippen molar-refractivity contribution in [3.63, 3.8) is 0 Å². The van der Waals surface area contributed by atoms with Crippen LogP contribution >= 0.6 is 0 Å². The number of Topliss-reactive ketones (excluding diaryl/α,β-unsaturated/α-hetero) is 1. The molecule has 0 amide bonds. The molecule has 0 aliphatic heterocycles. The van der Waals surface area contributed by atoms with E-state index in [4.69, 9.17) is 0 Å². The van der Waals surface area contributed by atoms with Crippen molar-refractivity contribution in [1.29, 1.82) is 0 Å². The molecule has 0 heterocycles. The molecule has 0 radical (unpaired) electrons. The van der Waals surface area contributed by atoms with Crippen molar-refractivity contribution in [2.24, 2.45) is 0 Å². The summed E-state index contributed by atoms with van der Waals surface area (Å²) in [6.45, 7) is 2.08. The zero-order valence-corrected chi connectivity index (χ0v) is 12.7. The summed E-state index contributed by atoms with van der Waals surface area (Å²) >= 11 is 0. The summed E-state index contributed by atoms with van der Waals surface area (Å²) in [7, 11) is 0. The van der Waals surface area contributed by atoms with Gasteiger partial charge in [-0.25, -0.2) is 0 Å². The molecule has 0 spiro atoms. The number of aliphatic hydroxyl groups is 1. The van der Waals surface area contributed by atoms with Crippen molar-refractivity contribution in [1.82, 2.24) is 0 Å². The number of carbonyl (C=O) groups excluding carboxylic acids is 2. The minimum atomic E-state index is -0.483. The maximum absolute atomic E-state index is 12.3. The van der Waals surface area contributed by atoms with Gasteiger partial charge in [0.2, 0.25) is 5.78 Å². The summed E-state index contributed by atoms with van der Waals surface area (Å²) < 4.78 is 0. The topological polar surface area (TPSA) is 54.4 Å². The number of allylic oxidation sites excluding steroid dienone is 2. The second-order valence-electron chi connectivity index (χ2n) is 5.39. The number of aryl methyl sites for hydroxylation is 1. The lowest BCUT2D eigenvalue weighted by Gasteiger charge is -1.98. The zero-order chi connectivity index (χ0) is 16.4. The molecule has 1 aliphatic carbocycles. The van der Waals surface area contributed by atoms with Crippen LogP contribution in [0.4, 0.5) is 0 Å². The van der Waals surface area contributed by atoms with Crippen molar-refractivity contribution in [2.45, 2.75) is 13.3 Å². The monoisotopic (exact) mass is 304 g/mol. The number of fused-ring (bicyclic) bond motifs is 1. The molecule has 23 heavy (non-hydrogen) atoms. The molecular formula is C20H16O3. The number of aliphatic hydroxyl groups excluding tert-OH is 1. The highest BCUT2D eigenvalue weighted by Gasteiger charge is 2.32. The summed E-state index contributed by atoms with van der Waals surface area (Å²) in [5, 5.41) is 10.2. The third kappa shape index (κ3) is 2.73. The van der Waals surface area contributed by atoms with Gasteiger partial charge in [0.1, 0.15) is 11.3 Å². The van der Waals surface area contributed by atoms with Crippen LogP contribution in [0.3, 0.4) is 0 Å². The molecule has 2 aromatic rings. The van der Waals surface area contributed by atoms with E-state index >= 15 is 0 Å². The lowest BCUT2D eigenvalue weighted by Crippen LogP contribution is -2.08. The van der Waals surface area contributed by atoms with Gasteiger partial charge in [-0.15, -0.1) is 0 Å². The molecule has 3 nitrogen and oxygen atoms in total. The van der Waals surface area contributed by atoms with E-state index in [-0.39, 0.29) is 11.3 Å². The highest BCUT2D eigenvalue weighted by molar-refractivity contribution is 6.36. The Labute approximate surface area is 134 Å². The SMILES string of the molecule is CCc1ccc(/C=C/C(=O)C2=C(O)c3ccccc3C2=O)cc1. The second kappa shape index (κ2) is 6.05. The summed E-state index contributed by atoms with van der Waals surface area (Å²) in [4.78, 5) is 24.6. The fourth-order valence-electron chi connectivity index (χ4n) is 2.61. The molecule has 3 rings (SSSR count). The molecule has 114 valence electrons. The van der Waals surface area contributed by atoms with Crippen LogP contribution in [-0.4, -0.2) is 16.7 Å². The molecule has 1 N–H and O–H groups in total. The Balaban J connectivity index is 1.85. The Bertz CT molecular complexity index is 839. The first-order chi connectivity index (χ1) is 11.1. The van der Waals surface area contributed by atoms with Crippen LogP contribution in [0.25, 0.3) is 11.8 Å². The van der Waals surface area contributed by atoms with Gasteiger partial charge >= 0.3 is 0 Å². The average Bonchev–Trinajstić information content (AvgIpc) is 2.85. The molecule has 1 aliphatic rings. The van der Waals surface area contributed by atoms with Crippen molar-refractivity contribution < 1.29 is 14.7 Å². The largest absolute Gasteiger partial charge is 0.506 e. The first-order valence-corrected chi connectivity index (χ1v) is 7.50. The third-order valence-corrected chi connectivity index (χ3v) is 3.95. The van der Waals surface area contributed by atoms with Gasteiger partial charge in [0.25, 0.3) is 0 Å². The predicted octanol–water partition coefficient (Wildman–Crippen LogP) is 4.00. The fourth-order valence-corrected chi connectivity index (χ4v) is 2.61. The van der Waals surface area contributed by atoms with Gasteiger partial charge in [-0.05, 0) is 23.6 Å². The molecule has 0 bridgehead atoms. The van der Waals surface area contributed by atoms with Gasteiger partial charge in [0.05, 0.1) is 0 Å². The van der Waals surface area contributed by atoms with E-state index in [1.165, 1.54) is 11.6 Å². The van der Waals surface area contributed by atoms with Crippen LogP contribution in [0.1, 0.15) is 34.0 Å². The Kier molecular flexibility index (Phi) is 3.94. The highest BCUT2D eigenvalue weighted by Crippen LogP contribution is 2.31. The lowest BCUT2D eigenvalue weighted by atomic mass is 10.0. The van der Waals surface area contributed by atoms with Gasteiger partial charge in [-0.3, -0.25) is 9.59 Å². The van der Waals surface area contributed by atoms with Gasteiger partial charge in [0.15, 0.2) is 5.78 Å². The van der Waals surface area contributed by atoms with E-state index in [0.29, 0.717) is 11.1 Å². The number of ketones is 2. The quantitative estimate of drug-likeness (QED) is 0.686. The molecule has 0 saturated carbocycles. The summed E-state index contributed by atoms with van der Waals surface area (Å²) in [5.41, 5.74) is 2.72. The molecule has 0 atom stereocenters. The Morgan fingerprint density at radius 3 is 2.30 bits per heavy atom. The molecule has 3 heteroatoms. The van der Waals surface area contributed by atoms with Gasteiger partial charge < -0.3 is 5.11 Å². The molecule has 0 unspecified atom stereocenters. The number of rotatable bonds is 4. The molecular weight excluding hydrogens is 288 g/mol. The summed E-state index contributed by atoms with van der Waals surface area (Å²) in [6, 6.07) is 14.5. The number of benzene rings is 2. The fraction of sp³-hybridized carbons (Fsp3) is 0.100. The Morgan fingerprint density at radius 1 is 1.04 bits per heavy atom. The van der Waals surface area contributed by atoms with Gasteiger partial charge in [0, 0.05) is 11.1 Å². The second-order valence-corrected chi connectivity index (χ2v) is 5.39. The first kappa shape index (κ1) is 15.0. The maximum atomic E-state index is 12.3. The molecule has 0 fully saturated rings. The van der Waals surface area contributed by atoms with E-state index in [1.54, 1.807) is 30.3 Å². The van der Waals surface area contributed by atoms with Crippen LogP contribution in [0.5, 0.6) is 0 Å². The highest BCUT2D eigenvalue weighted by atomic mass is 16.3. The van der Waals surface area contributed by atoms with E-state index in [2.05, 4.69) is 6.92 Å². The molecule has 2 aromatic carbocycles.